The van der Waals surface area contributed by atoms with E-state index in [1.54, 1.807) is 7.05 Å². The third-order valence-electron chi connectivity index (χ3n) is 3.84. The van der Waals surface area contributed by atoms with Gasteiger partial charge in [-0.05, 0) is 46.2 Å². The molecule has 0 saturated heterocycles. The summed E-state index contributed by atoms with van der Waals surface area (Å²) in [6.45, 7) is 13.0. The van der Waals surface area contributed by atoms with Crippen LogP contribution in [0.25, 0.3) is 0 Å². The monoisotopic (exact) mass is 397 g/mol. The SMILES string of the molecule is CCOCCOc1cc(C)ccc1CNC(=NC)NCCS(=O)C(C)(C)C. The summed E-state index contributed by atoms with van der Waals surface area (Å²) in [6.07, 6.45) is 0. The molecule has 2 N–H and O–H groups in total. The van der Waals surface area contributed by atoms with Gasteiger partial charge in [-0.25, -0.2) is 0 Å². The number of aryl methyl sites for hydroxylation is 1. The molecule has 1 unspecified atom stereocenters. The Labute approximate surface area is 166 Å². The molecule has 6 nitrogen and oxygen atoms in total. The summed E-state index contributed by atoms with van der Waals surface area (Å²) in [5.41, 5.74) is 2.20. The lowest BCUT2D eigenvalue weighted by atomic mass is 10.1. The van der Waals surface area contributed by atoms with Crippen LogP contribution in [0.5, 0.6) is 5.75 Å². The average molecular weight is 398 g/mol. The van der Waals surface area contributed by atoms with Gasteiger partial charge in [0.2, 0.25) is 0 Å². The minimum Gasteiger partial charge on any atom is -0.491 e. The van der Waals surface area contributed by atoms with Crippen LogP contribution in [0.1, 0.15) is 38.8 Å². The Hall–Kier alpha value is -1.60. The second kappa shape index (κ2) is 12.0. The maximum absolute atomic E-state index is 12.1. The summed E-state index contributed by atoms with van der Waals surface area (Å²) in [5, 5.41) is 6.51. The van der Waals surface area contributed by atoms with Crippen LogP contribution in [0.3, 0.4) is 0 Å². The zero-order chi connectivity index (χ0) is 20.3. The van der Waals surface area contributed by atoms with Gasteiger partial charge in [-0.15, -0.1) is 0 Å². The van der Waals surface area contributed by atoms with Gasteiger partial charge < -0.3 is 20.1 Å². The van der Waals surface area contributed by atoms with Crippen molar-refractivity contribution in [1.82, 2.24) is 10.6 Å². The summed E-state index contributed by atoms with van der Waals surface area (Å²) >= 11 is 0. The first-order chi connectivity index (χ1) is 12.8. The van der Waals surface area contributed by atoms with Crippen LogP contribution in [-0.2, 0) is 22.1 Å². The molecule has 1 atom stereocenters. The van der Waals surface area contributed by atoms with Gasteiger partial charge in [0.15, 0.2) is 5.96 Å². The number of ether oxygens (including phenoxy) is 2. The molecule has 0 radical (unpaired) electrons. The molecule has 0 bridgehead atoms. The van der Waals surface area contributed by atoms with Gasteiger partial charge in [-0.2, -0.15) is 0 Å². The highest BCUT2D eigenvalue weighted by Gasteiger charge is 2.18. The Morgan fingerprint density at radius 2 is 1.96 bits per heavy atom. The van der Waals surface area contributed by atoms with Gasteiger partial charge in [0.1, 0.15) is 12.4 Å². The van der Waals surface area contributed by atoms with Crippen LogP contribution in [0.2, 0.25) is 0 Å². The maximum atomic E-state index is 12.1. The van der Waals surface area contributed by atoms with Crippen LogP contribution in [0, 0.1) is 6.92 Å². The van der Waals surface area contributed by atoms with Crippen LogP contribution in [0.4, 0.5) is 0 Å². The average Bonchev–Trinajstić information content (AvgIpc) is 2.61. The van der Waals surface area contributed by atoms with Gasteiger partial charge in [0, 0.05) is 53.6 Å². The molecule has 7 heteroatoms. The minimum atomic E-state index is -0.885. The highest BCUT2D eigenvalue weighted by atomic mass is 32.2. The number of nitrogens with one attached hydrogen (secondary N) is 2. The van der Waals surface area contributed by atoms with E-state index < -0.39 is 10.8 Å². The van der Waals surface area contributed by atoms with Crippen molar-refractivity contribution in [3.8, 4) is 5.75 Å². The third kappa shape index (κ3) is 9.24. The standard InChI is InChI=1S/C20H35N3O3S/c1-7-25-11-12-26-18-14-16(2)8-9-17(18)15-23-19(21-6)22-10-13-27(24)20(3,4)5/h8-9,14H,7,10-13,15H2,1-6H3,(H2,21,22,23). The molecule has 0 heterocycles. The first kappa shape index (κ1) is 23.4. The maximum Gasteiger partial charge on any atom is 0.191 e. The van der Waals surface area contributed by atoms with Crippen molar-refractivity contribution < 1.29 is 13.7 Å². The lowest BCUT2D eigenvalue weighted by Crippen LogP contribution is -2.40. The molecule has 0 aliphatic carbocycles. The number of guanidine groups is 1. The Balaban J connectivity index is 2.55. The smallest absolute Gasteiger partial charge is 0.191 e. The number of hydrogen-bond donors (Lipinski definition) is 2. The summed E-state index contributed by atoms with van der Waals surface area (Å²) < 4.78 is 23.1. The van der Waals surface area contributed by atoms with E-state index in [9.17, 15) is 4.21 Å². The fourth-order valence-corrected chi connectivity index (χ4v) is 3.16. The third-order valence-corrected chi connectivity index (χ3v) is 5.79. The fourth-order valence-electron chi connectivity index (χ4n) is 2.26. The number of benzene rings is 1. The normalized spacial score (nSPS) is 13.3. The van der Waals surface area contributed by atoms with E-state index in [0.29, 0.717) is 44.6 Å². The van der Waals surface area contributed by atoms with Gasteiger partial charge in [0.05, 0.1) is 6.61 Å². The largest absolute Gasteiger partial charge is 0.491 e. The zero-order valence-corrected chi connectivity index (χ0v) is 18.4. The van der Waals surface area contributed by atoms with E-state index in [4.69, 9.17) is 9.47 Å². The molecular formula is C20H35N3O3S. The van der Waals surface area contributed by atoms with E-state index in [1.807, 2.05) is 40.7 Å². The van der Waals surface area contributed by atoms with E-state index in [0.717, 1.165) is 16.9 Å². The Morgan fingerprint density at radius 3 is 2.59 bits per heavy atom. The molecule has 1 aromatic rings. The van der Waals surface area contributed by atoms with E-state index >= 15 is 0 Å². The molecule has 0 aliphatic heterocycles. The molecule has 1 rings (SSSR count). The highest BCUT2D eigenvalue weighted by molar-refractivity contribution is 7.86. The lowest BCUT2D eigenvalue weighted by molar-refractivity contribution is 0.110. The van der Waals surface area contributed by atoms with Crippen molar-refractivity contribution in [3.63, 3.8) is 0 Å². The molecule has 27 heavy (non-hydrogen) atoms. The molecule has 0 aromatic heterocycles. The number of rotatable bonds is 10. The number of nitrogens with zero attached hydrogens (tertiary/aromatic N) is 1. The molecule has 0 spiro atoms. The fraction of sp³-hybridized carbons (Fsp3) is 0.650. The van der Waals surface area contributed by atoms with Gasteiger partial charge >= 0.3 is 0 Å². The highest BCUT2D eigenvalue weighted by Crippen LogP contribution is 2.20. The predicted molar refractivity (Wildman–Crippen MR) is 114 cm³/mol. The van der Waals surface area contributed by atoms with E-state index in [-0.39, 0.29) is 4.75 Å². The van der Waals surface area contributed by atoms with Crippen molar-refractivity contribution in [2.24, 2.45) is 4.99 Å². The molecule has 0 fully saturated rings. The number of hydrogen-bond acceptors (Lipinski definition) is 4. The minimum absolute atomic E-state index is 0.200. The van der Waals surface area contributed by atoms with Crippen molar-refractivity contribution in [2.75, 3.05) is 39.2 Å². The Bertz CT molecular complexity index is 627. The molecule has 0 aliphatic rings. The first-order valence-electron chi connectivity index (χ1n) is 9.41. The van der Waals surface area contributed by atoms with Crippen LogP contribution < -0.4 is 15.4 Å². The van der Waals surface area contributed by atoms with Gasteiger partial charge in [-0.3, -0.25) is 9.20 Å². The molecular weight excluding hydrogens is 362 g/mol. The second-order valence-corrected chi connectivity index (χ2v) is 9.50. The van der Waals surface area contributed by atoms with Crippen LogP contribution in [0.15, 0.2) is 23.2 Å². The molecule has 0 saturated carbocycles. The number of aliphatic imine (C=N–C) groups is 1. The van der Waals surface area contributed by atoms with Crippen LogP contribution >= 0.6 is 0 Å². The quantitative estimate of drug-likeness (QED) is 0.361. The zero-order valence-electron chi connectivity index (χ0n) is 17.6. The lowest BCUT2D eigenvalue weighted by Gasteiger charge is -2.19. The summed E-state index contributed by atoms with van der Waals surface area (Å²) in [6, 6.07) is 6.15. The summed E-state index contributed by atoms with van der Waals surface area (Å²) in [7, 11) is 0.842. The van der Waals surface area contributed by atoms with Crippen molar-refractivity contribution >= 4 is 16.8 Å². The predicted octanol–water partition coefficient (Wildman–Crippen LogP) is 2.62. The van der Waals surface area contributed by atoms with Gasteiger partial charge in [-0.1, -0.05) is 12.1 Å². The first-order valence-corrected chi connectivity index (χ1v) is 10.7. The summed E-state index contributed by atoms with van der Waals surface area (Å²) in [5.74, 6) is 2.12. The topological polar surface area (TPSA) is 72.0 Å². The molecule has 154 valence electrons. The second-order valence-electron chi connectivity index (χ2n) is 7.17. The van der Waals surface area contributed by atoms with E-state index in [2.05, 4.69) is 27.8 Å². The molecule has 0 amide bonds. The molecule has 1 aromatic carbocycles. The summed E-state index contributed by atoms with van der Waals surface area (Å²) in [4.78, 5) is 4.23. The Kier molecular flexibility index (Phi) is 10.4. The van der Waals surface area contributed by atoms with Crippen molar-refractivity contribution in [2.45, 2.75) is 45.9 Å². The van der Waals surface area contributed by atoms with Gasteiger partial charge in [0.25, 0.3) is 0 Å². The Morgan fingerprint density at radius 1 is 1.22 bits per heavy atom. The van der Waals surface area contributed by atoms with Crippen LogP contribution in [-0.4, -0.2) is 54.1 Å². The van der Waals surface area contributed by atoms with Crippen molar-refractivity contribution in [3.05, 3.63) is 29.3 Å². The van der Waals surface area contributed by atoms with E-state index in [1.165, 1.54) is 0 Å². The van der Waals surface area contributed by atoms with Crippen molar-refractivity contribution in [1.29, 1.82) is 0 Å².